The molecule has 4 nitrogen and oxygen atoms in total. The highest BCUT2D eigenvalue weighted by Gasteiger charge is 2.08. The van der Waals surface area contributed by atoms with Crippen LogP contribution in [0, 0.1) is 0 Å². The average Bonchev–Trinajstić information content (AvgIpc) is 2.79. The number of hydrogen-bond donors (Lipinski definition) is 1. The molecule has 144 valence electrons. The fourth-order valence-electron chi connectivity index (χ4n) is 2.94. The van der Waals surface area contributed by atoms with E-state index in [4.69, 9.17) is 14.7 Å². The van der Waals surface area contributed by atoms with E-state index in [1.807, 2.05) is 48.5 Å². The van der Waals surface area contributed by atoms with Gasteiger partial charge in [-0.2, -0.15) is 0 Å². The number of aromatic nitrogens is 2. The molecule has 0 saturated carbocycles. The van der Waals surface area contributed by atoms with Gasteiger partial charge in [0.1, 0.15) is 5.75 Å². The summed E-state index contributed by atoms with van der Waals surface area (Å²) in [6.45, 7) is 0. The number of anilines is 1. The SMILES string of the molecule is COc1ccc(Cc2cc(-c3ccccc3)nc(NSc3ccccc3)n2)cc1. The summed E-state index contributed by atoms with van der Waals surface area (Å²) in [7, 11) is 1.67. The van der Waals surface area contributed by atoms with Gasteiger partial charge < -0.3 is 4.74 Å². The summed E-state index contributed by atoms with van der Waals surface area (Å²) in [5, 5.41) is 0. The third-order valence-electron chi connectivity index (χ3n) is 4.40. The van der Waals surface area contributed by atoms with Gasteiger partial charge in [0.25, 0.3) is 0 Å². The van der Waals surface area contributed by atoms with Crippen LogP contribution in [0.25, 0.3) is 11.3 Å². The van der Waals surface area contributed by atoms with Gasteiger partial charge in [-0.15, -0.1) is 0 Å². The number of nitrogens with zero attached hydrogens (tertiary/aromatic N) is 2. The number of benzene rings is 3. The first kappa shape index (κ1) is 19.0. The largest absolute Gasteiger partial charge is 0.497 e. The lowest BCUT2D eigenvalue weighted by Crippen LogP contribution is -2.01. The monoisotopic (exact) mass is 399 g/mol. The third-order valence-corrected chi connectivity index (χ3v) is 5.19. The van der Waals surface area contributed by atoms with Gasteiger partial charge >= 0.3 is 0 Å². The van der Waals surface area contributed by atoms with Crippen LogP contribution in [0.15, 0.2) is 95.9 Å². The van der Waals surface area contributed by atoms with Gasteiger partial charge in [-0.05, 0) is 47.8 Å². The molecular formula is C24H21N3OS. The molecule has 0 atom stereocenters. The van der Waals surface area contributed by atoms with Gasteiger partial charge in [0.05, 0.1) is 18.5 Å². The van der Waals surface area contributed by atoms with Crippen LogP contribution in [0.3, 0.4) is 0 Å². The number of ether oxygens (including phenoxy) is 1. The lowest BCUT2D eigenvalue weighted by Gasteiger charge is -2.10. The molecule has 1 aromatic heterocycles. The molecule has 0 aliphatic rings. The average molecular weight is 400 g/mol. The van der Waals surface area contributed by atoms with Crippen molar-refractivity contribution in [2.24, 2.45) is 0 Å². The summed E-state index contributed by atoms with van der Waals surface area (Å²) in [5.74, 6) is 1.45. The van der Waals surface area contributed by atoms with Crippen LogP contribution in [0.2, 0.25) is 0 Å². The number of methoxy groups -OCH3 is 1. The molecule has 0 aliphatic carbocycles. The van der Waals surface area contributed by atoms with Gasteiger partial charge in [0.15, 0.2) is 0 Å². The third kappa shape index (κ3) is 5.15. The molecule has 0 aliphatic heterocycles. The van der Waals surface area contributed by atoms with Crippen LogP contribution in [-0.2, 0) is 6.42 Å². The molecule has 0 spiro atoms. The number of nitrogens with one attached hydrogen (secondary N) is 1. The molecule has 3 aromatic carbocycles. The Bertz CT molecular complexity index is 1050. The predicted molar refractivity (Wildman–Crippen MR) is 119 cm³/mol. The highest BCUT2D eigenvalue weighted by Crippen LogP contribution is 2.24. The summed E-state index contributed by atoms with van der Waals surface area (Å²) in [5.41, 5.74) is 4.10. The van der Waals surface area contributed by atoms with Crippen molar-refractivity contribution in [2.75, 3.05) is 11.8 Å². The maximum Gasteiger partial charge on any atom is 0.233 e. The van der Waals surface area contributed by atoms with Crippen molar-refractivity contribution in [1.29, 1.82) is 0 Å². The van der Waals surface area contributed by atoms with Gasteiger partial charge in [-0.3, -0.25) is 4.72 Å². The second-order valence-corrected chi connectivity index (χ2v) is 7.36. The predicted octanol–water partition coefficient (Wildman–Crippen LogP) is 5.86. The fraction of sp³-hybridized carbons (Fsp3) is 0.0833. The van der Waals surface area contributed by atoms with E-state index in [1.54, 1.807) is 7.11 Å². The molecule has 0 bridgehead atoms. The minimum absolute atomic E-state index is 0.601. The number of rotatable bonds is 7. The molecule has 5 heteroatoms. The summed E-state index contributed by atoms with van der Waals surface area (Å²) in [6.07, 6.45) is 0.719. The summed E-state index contributed by atoms with van der Waals surface area (Å²) in [6, 6.07) is 30.4. The van der Waals surface area contributed by atoms with Crippen LogP contribution in [-0.4, -0.2) is 17.1 Å². The zero-order valence-corrected chi connectivity index (χ0v) is 16.9. The lowest BCUT2D eigenvalue weighted by molar-refractivity contribution is 0.414. The zero-order valence-electron chi connectivity index (χ0n) is 16.1. The van der Waals surface area contributed by atoms with Crippen LogP contribution in [0.4, 0.5) is 5.95 Å². The first-order valence-electron chi connectivity index (χ1n) is 9.34. The van der Waals surface area contributed by atoms with Crippen LogP contribution in [0.5, 0.6) is 5.75 Å². The Morgan fingerprint density at radius 1 is 0.828 bits per heavy atom. The molecule has 4 rings (SSSR count). The van der Waals surface area contributed by atoms with Gasteiger partial charge in [-0.1, -0.05) is 60.7 Å². The highest BCUT2D eigenvalue weighted by molar-refractivity contribution is 8.00. The van der Waals surface area contributed by atoms with Crippen LogP contribution < -0.4 is 9.46 Å². The van der Waals surface area contributed by atoms with Crippen molar-refractivity contribution in [3.8, 4) is 17.0 Å². The van der Waals surface area contributed by atoms with E-state index in [0.717, 1.165) is 34.0 Å². The Kier molecular flexibility index (Phi) is 6.07. The quantitative estimate of drug-likeness (QED) is 0.394. The van der Waals surface area contributed by atoms with E-state index >= 15 is 0 Å². The summed E-state index contributed by atoms with van der Waals surface area (Å²) in [4.78, 5) is 10.6. The first-order chi connectivity index (χ1) is 14.3. The molecule has 0 unspecified atom stereocenters. The Morgan fingerprint density at radius 3 is 2.21 bits per heavy atom. The van der Waals surface area contributed by atoms with Crippen molar-refractivity contribution in [1.82, 2.24) is 9.97 Å². The standard InChI is InChI=1S/C24H21N3OS/c1-28-21-14-12-18(13-15-21)16-20-17-23(19-8-4-2-5-9-19)26-24(25-20)27-29-22-10-6-3-7-11-22/h2-15,17H,16H2,1H3,(H,25,26,27). The lowest BCUT2D eigenvalue weighted by atomic mass is 10.1. The van der Waals surface area contributed by atoms with E-state index < -0.39 is 0 Å². The molecule has 0 radical (unpaired) electrons. The Hall–Kier alpha value is -3.31. The van der Waals surface area contributed by atoms with Crippen molar-refractivity contribution in [3.63, 3.8) is 0 Å². The minimum Gasteiger partial charge on any atom is -0.497 e. The van der Waals surface area contributed by atoms with Gasteiger partial charge in [0, 0.05) is 16.9 Å². The molecule has 1 N–H and O–H groups in total. The van der Waals surface area contributed by atoms with Crippen molar-refractivity contribution < 1.29 is 4.74 Å². The molecule has 4 aromatic rings. The van der Waals surface area contributed by atoms with Crippen LogP contribution >= 0.6 is 11.9 Å². The molecule has 0 fully saturated rings. The Balaban J connectivity index is 1.62. The van der Waals surface area contributed by atoms with Gasteiger partial charge in [0.2, 0.25) is 5.95 Å². The Morgan fingerprint density at radius 2 is 1.52 bits per heavy atom. The van der Waals surface area contributed by atoms with E-state index in [2.05, 4.69) is 47.2 Å². The highest BCUT2D eigenvalue weighted by atomic mass is 32.2. The van der Waals surface area contributed by atoms with E-state index in [-0.39, 0.29) is 0 Å². The number of hydrogen-bond acceptors (Lipinski definition) is 5. The maximum atomic E-state index is 5.25. The molecule has 29 heavy (non-hydrogen) atoms. The van der Waals surface area contributed by atoms with E-state index in [0.29, 0.717) is 5.95 Å². The zero-order chi connectivity index (χ0) is 19.9. The second kappa shape index (κ2) is 9.26. The normalized spacial score (nSPS) is 10.5. The second-order valence-electron chi connectivity index (χ2n) is 6.48. The molecule has 0 saturated heterocycles. The van der Waals surface area contributed by atoms with Crippen molar-refractivity contribution >= 4 is 17.9 Å². The molecule has 1 heterocycles. The minimum atomic E-state index is 0.601. The van der Waals surface area contributed by atoms with Crippen molar-refractivity contribution in [2.45, 2.75) is 11.3 Å². The molecular weight excluding hydrogens is 378 g/mol. The Labute approximate surface area is 175 Å². The van der Waals surface area contributed by atoms with Crippen molar-refractivity contribution in [3.05, 3.63) is 102 Å². The molecule has 0 amide bonds. The fourth-order valence-corrected chi connectivity index (χ4v) is 3.53. The van der Waals surface area contributed by atoms with E-state index in [9.17, 15) is 0 Å². The van der Waals surface area contributed by atoms with E-state index in [1.165, 1.54) is 17.5 Å². The smallest absolute Gasteiger partial charge is 0.233 e. The van der Waals surface area contributed by atoms with Gasteiger partial charge in [-0.25, -0.2) is 9.97 Å². The topological polar surface area (TPSA) is 47.0 Å². The summed E-state index contributed by atoms with van der Waals surface area (Å²) < 4.78 is 8.54. The summed E-state index contributed by atoms with van der Waals surface area (Å²) >= 11 is 1.51. The maximum absolute atomic E-state index is 5.25. The van der Waals surface area contributed by atoms with Crippen LogP contribution in [0.1, 0.15) is 11.3 Å². The first-order valence-corrected chi connectivity index (χ1v) is 10.2.